The van der Waals surface area contributed by atoms with E-state index in [0.29, 0.717) is 23.6 Å². The molecule has 0 saturated carbocycles. The van der Waals surface area contributed by atoms with Crippen molar-refractivity contribution >= 4 is 11.6 Å². The fraction of sp³-hybridized carbons (Fsp3) is 0.111. The maximum Gasteiger partial charge on any atom is 0.221 e. The van der Waals surface area contributed by atoms with Crippen LogP contribution in [0.25, 0.3) is 11.4 Å². The van der Waals surface area contributed by atoms with Crippen LogP contribution >= 0.6 is 0 Å². The molecule has 122 valence electrons. The number of amides is 1. The standard InChI is InChI=1S/C18H15F2N3O/c1-12(24)22-15-4-2-3-14(10-15)18-21-7-8-23(18)11-13-5-6-16(19)17(20)9-13/h2-10H,11H2,1H3,(H,22,24). The molecule has 1 amide bonds. The van der Waals surface area contributed by atoms with Crippen molar-refractivity contribution in [3.05, 3.63) is 72.1 Å². The van der Waals surface area contributed by atoms with Crippen LogP contribution in [-0.2, 0) is 11.3 Å². The summed E-state index contributed by atoms with van der Waals surface area (Å²) in [5.41, 5.74) is 2.11. The van der Waals surface area contributed by atoms with Crippen LogP contribution in [0.5, 0.6) is 0 Å². The molecule has 0 spiro atoms. The summed E-state index contributed by atoms with van der Waals surface area (Å²) in [6.45, 7) is 1.80. The topological polar surface area (TPSA) is 46.9 Å². The summed E-state index contributed by atoms with van der Waals surface area (Å²) < 4.78 is 28.2. The highest BCUT2D eigenvalue weighted by atomic mass is 19.2. The van der Waals surface area contributed by atoms with E-state index in [9.17, 15) is 13.6 Å². The van der Waals surface area contributed by atoms with E-state index in [4.69, 9.17) is 0 Å². The van der Waals surface area contributed by atoms with Crippen LogP contribution in [0.3, 0.4) is 0 Å². The Hall–Kier alpha value is -3.02. The third-order valence-corrected chi connectivity index (χ3v) is 3.49. The van der Waals surface area contributed by atoms with E-state index >= 15 is 0 Å². The Balaban J connectivity index is 1.90. The molecule has 3 rings (SSSR count). The number of halogens is 2. The first-order chi connectivity index (χ1) is 11.5. The van der Waals surface area contributed by atoms with Crippen LogP contribution in [0.4, 0.5) is 14.5 Å². The van der Waals surface area contributed by atoms with Crippen molar-refractivity contribution < 1.29 is 13.6 Å². The largest absolute Gasteiger partial charge is 0.327 e. The second-order valence-electron chi connectivity index (χ2n) is 5.39. The second kappa shape index (κ2) is 6.62. The molecule has 0 bridgehead atoms. The van der Waals surface area contributed by atoms with Crippen LogP contribution < -0.4 is 5.32 Å². The SMILES string of the molecule is CC(=O)Nc1cccc(-c2nccn2Cc2ccc(F)c(F)c2)c1. The summed E-state index contributed by atoms with van der Waals surface area (Å²) in [7, 11) is 0. The molecule has 0 fully saturated rings. The van der Waals surface area contributed by atoms with E-state index in [0.717, 1.165) is 11.6 Å². The van der Waals surface area contributed by atoms with Gasteiger partial charge in [-0.1, -0.05) is 18.2 Å². The lowest BCUT2D eigenvalue weighted by Gasteiger charge is -2.10. The van der Waals surface area contributed by atoms with Gasteiger partial charge in [0.15, 0.2) is 11.6 Å². The van der Waals surface area contributed by atoms with Gasteiger partial charge in [0.05, 0.1) is 0 Å². The highest BCUT2D eigenvalue weighted by Crippen LogP contribution is 2.22. The van der Waals surface area contributed by atoms with Gasteiger partial charge in [-0.05, 0) is 29.8 Å². The number of hydrogen-bond acceptors (Lipinski definition) is 2. The van der Waals surface area contributed by atoms with Gasteiger partial charge in [-0.3, -0.25) is 4.79 Å². The Morgan fingerprint density at radius 2 is 2.00 bits per heavy atom. The van der Waals surface area contributed by atoms with E-state index in [1.807, 2.05) is 22.8 Å². The summed E-state index contributed by atoms with van der Waals surface area (Å²) in [6.07, 6.45) is 3.40. The lowest BCUT2D eigenvalue weighted by atomic mass is 10.1. The summed E-state index contributed by atoms with van der Waals surface area (Å²) >= 11 is 0. The van der Waals surface area contributed by atoms with Gasteiger partial charge in [-0.15, -0.1) is 0 Å². The number of nitrogens with one attached hydrogen (secondary N) is 1. The summed E-state index contributed by atoms with van der Waals surface area (Å²) in [5.74, 6) is -1.22. The molecular weight excluding hydrogens is 312 g/mol. The highest BCUT2D eigenvalue weighted by molar-refractivity contribution is 5.89. The van der Waals surface area contributed by atoms with Crippen molar-refractivity contribution in [3.8, 4) is 11.4 Å². The molecule has 4 nitrogen and oxygen atoms in total. The Morgan fingerprint density at radius 3 is 2.75 bits per heavy atom. The Morgan fingerprint density at radius 1 is 1.17 bits per heavy atom. The van der Waals surface area contributed by atoms with Crippen molar-refractivity contribution in [2.75, 3.05) is 5.32 Å². The van der Waals surface area contributed by atoms with Crippen molar-refractivity contribution in [2.24, 2.45) is 0 Å². The molecule has 2 aromatic carbocycles. The lowest BCUT2D eigenvalue weighted by molar-refractivity contribution is -0.114. The van der Waals surface area contributed by atoms with Gasteiger partial charge < -0.3 is 9.88 Å². The molecule has 0 unspecified atom stereocenters. The van der Waals surface area contributed by atoms with Crippen molar-refractivity contribution in [3.63, 3.8) is 0 Å². The number of carbonyl (C=O) groups is 1. The minimum absolute atomic E-state index is 0.155. The maximum atomic E-state index is 13.4. The average Bonchev–Trinajstić information content (AvgIpc) is 2.99. The summed E-state index contributed by atoms with van der Waals surface area (Å²) in [6, 6.07) is 11.1. The van der Waals surface area contributed by atoms with Gasteiger partial charge >= 0.3 is 0 Å². The van der Waals surface area contributed by atoms with Gasteiger partial charge in [0.25, 0.3) is 0 Å². The number of hydrogen-bond donors (Lipinski definition) is 1. The van der Waals surface area contributed by atoms with Crippen molar-refractivity contribution in [1.29, 1.82) is 0 Å². The number of benzene rings is 2. The zero-order valence-corrected chi connectivity index (χ0v) is 13.0. The maximum absolute atomic E-state index is 13.4. The minimum Gasteiger partial charge on any atom is -0.327 e. The monoisotopic (exact) mass is 327 g/mol. The molecule has 24 heavy (non-hydrogen) atoms. The molecule has 1 N–H and O–H groups in total. The van der Waals surface area contributed by atoms with Crippen molar-refractivity contribution in [1.82, 2.24) is 9.55 Å². The summed E-state index contributed by atoms with van der Waals surface area (Å²) in [4.78, 5) is 15.5. The molecule has 1 heterocycles. The number of imidazole rings is 1. The Kier molecular flexibility index (Phi) is 4.37. The number of nitrogens with zero attached hydrogens (tertiary/aromatic N) is 2. The predicted molar refractivity (Wildman–Crippen MR) is 87.4 cm³/mol. The molecular formula is C18H15F2N3O. The van der Waals surface area contributed by atoms with Crippen LogP contribution in [0.15, 0.2) is 54.9 Å². The van der Waals surface area contributed by atoms with Crippen molar-refractivity contribution in [2.45, 2.75) is 13.5 Å². The molecule has 0 aliphatic rings. The first kappa shape index (κ1) is 15.9. The zero-order chi connectivity index (χ0) is 17.1. The Labute approximate surface area is 137 Å². The fourth-order valence-electron chi connectivity index (χ4n) is 2.47. The predicted octanol–water partition coefficient (Wildman–Crippen LogP) is 3.84. The van der Waals surface area contributed by atoms with E-state index < -0.39 is 11.6 Å². The quantitative estimate of drug-likeness (QED) is 0.791. The third kappa shape index (κ3) is 3.48. The molecule has 0 aliphatic heterocycles. The Bertz CT molecular complexity index is 889. The van der Waals surface area contributed by atoms with Crippen LogP contribution in [0.1, 0.15) is 12.5 Å². The minimum atomic E-state index is -0.873. The molecule has 6 heteroatoms. The smallest absolute Gasteiger partial charge is 0.221 e. The van der Waals surface area contributed by atoms with Gasteiger partial charge in [0, 0.05) is 37.1 Å². The van der Waals surface area contributed by atoms with E-state index in [1.54, 1.807) is 18.5 Å². The van der Waals surface area contributed by atoms with Crippen LogP contribution in [0, 0.1) is 11.6 Å². The highest BCUT2D eigenvalue weighted by Gasteiger charge is 2.09. The first-order valence-corrected chi connectivity index (χ1v) is 7.36. The molecule has 0 atom stereocenters. The fourth-order valence-corrected chi connectivity index (χ4v) is 2.47. The van der Waals surface area contributed by atoms with Gasteiger partial charge in [0.2, 0.25) is 5.91 Å². The van der Waals surface area contributed by atoms with Crippen LogP contribution in [-0.4, -0.2) is 15.5 Å². The molecule has 1 aromatic heterocycles. The van der Waals surface area contributed by atoms with Gasteiger partial charge in [-0.25, -0.2) is 13.8 Å². The summed E-state index contributed by atoms with van der Waals surface area (Å²) in [5, 5.41) is 2.72. The van der Waals surface area contributed by atoms with E-state index in [-0.39, 0.29) is 5.91 Å². The second-order valence-corrected chi connectivity index (χ2v) is 5.39. The third-order valence-electron chi connectivity index (χ3n) is 3.49. The average molecular weight is 327 g/mol. The molecule has 0 aliphatic carbocycles. The molecule has 0 radical (unpaired) electrons. The zero-order valence-electron chi connectivity index (χ0n) is 13.0. The van der Waals surface area contributed by atoms with E-state index in [2.05, 4.69) is 10.3 Å². The number of rotatable bonds is 4. The number of anilines is 1. The first-order valence-electron chi connectivity index (χ1n) is 7.36. The molecule has 0 saturated heterocycles. The number of aromatic nitrogens is 2. The van der Waals surface area contributed by atoms with Gasteiger partial charge in [-0.2, -0.15) is 0 Å². The number of carbonyl (C=O) groups excluding carboxylic acids is 1. The van der Waals surface area contributed by atoms with Gasteiger partial charge in [0.1, 0.15) is 5.82 Å². The van der Waals surface area contributed by atoms with Crippen LogP contribution in [0.2, 0.25) is 0 Å². The lowest BCUT2D eigenvalue weighted by Crippen LogP contribution is -2.06. The van der Waals surface area contributed by atoms with E-state index in [1.165, 1.54) is 19.1 Å². The molecule has 3 aromatic rings. The normalized spacial score (nSPS) is 10.6.